The number of carbonyl (C=O) groups is 2. The maximum Gasteiger partial charge on any atom is 0.341 e. The van der Waals surface area contributed by atoms with Crippen LogP contribution in [0.25, 0.3) is 6.08 Å². The van der Waals surface area contributed by atoms with Crippen LogP contribution < -0.4 is 4.74 Å². The average molecular weight is 362 g/mol. The van der Waals surface area contributed by atoms with Crippen molar-refractivity contribution in [2.24, 2.45) is 0 Å². The molecule has 0 heterocycles. The minimum atomic E-state index is -0.765. The fraction of sp³-hybridized carbons (Fsp3) is 0.0588. The van der Waals surface area contributed by atoms with Gasteiger partial charge in [0.25, 0.3) is 5.69 Å². The Kier molecular flexibility index (Phi) is 5.86. The average Bonchev–Trinajstić information content (AvgIpc) is 2.61. The summed E-state index contributed by atoms with van der Waals surface area (Å²) in [6.07, 6.45) is 2.46. The summed E-state index contributed by atoms with van der Waals surface area (Å²) in [4.78, 5) is 33.8. The summed E-state index contributed by atoms with van der Waals surface area (Å²) >= 11 is 5.82. The molecule has 0 fully saturated rings. The van der Waals surface area contributed by atoms with Gasteiger partial charge in [0.05, 0.1) is 12.0 Å². The highest BCUT2D eigenvalue weighted by Gasteiger charge is 2.15. The van der Waals surface area contributed by atoms with Gasteiger partial charge in [-0.05, 0) is 29.8 Å². The summed E-state index contributed by atoms with van der Waals surface area (Å²) in [6, 6.07) is 9.89. The van der Waals surface area contributed by atoms with Crippen LogP contribution in [0.1, 0.15) is 15.9 Å². The van der Waals surface area contributed by atoms with E-state index in [1.165, 1.54) is 49.6 Å². The third-order valence-electron chi connectivity index (χ3n) is 3.05. The van der Waals surface area contributed by atoms with Crippen LogP contribution in [0.4, 0.5) is 5.69 Å². The summed E-state index contributed by atoms with van der Waals surface area (Å²) in [7, 11) is 1.19. The fourth-order valence-electron chi connectivity index (χ4n) is 1.91. The number of hydrogen-bond acceptors (Lipinski definition) is 6. The Labute approximate surface area is 147 Å². The maximum absolute atomic E-state index is 11.9. The van der Waals surface area contributed by atoms with Crippen LogP contribution in [-0.4, -0.2) is 24.0 Å². The van der Waals surface area contributed by atoms with Gasteiger partial charge in [0.1, 0.15) is 11.3 Å². The minimum absolute atomic E-state index is 0.00657. The van der Waals surface area contributed by atoms with Crippen LogP contribution in [0.15, 0.2) is 48.5 Å². The highest BCUT2D eigenvalue weighted by atomic mass is 35.5. The van der Waals surface area contributed by atoms with E-state index in [1.807, 2.05) is 0 Å². The molecule has 2 aromatic carbocycles. The normalized spacial score (nSPS) is 10.5. The van der Waals surface area contributed by atoms with E-state index < -0.39 is 16.9 Å². The van der Waals surface area contributed by atoms with E-state index >= 15 is 0 Å². The third kappa shape index (κ3) is 4.89. The lowest BCUT2D eigenvalue weighted by molar-refractivity contribution is -0.384. The molecule has 2 rings (SSSR count). The second-order valence-corrected chi connectivity index (χ2v) is 5.18. The number of halogens is 1. The molecule has 0 spiro atoms. The number of ether oxygens (including phenoxy) is 2. The predicted octanol–water partition coefficient (Wildman–Crippen LogP) is 3.65. The number of nitro groups is 1. The first-order valence-electron chi connectivity index (χ1n) is 6.93. The molecular weight excluding hydrogens is 350 g/mol. The SMILES string of the molecule is COC(=O)c1cc(Cl)ccc1OC(=O)/C=C/c1cccc([N+](=O)[O-])c1. The molecule has 0 atom stereocenters. The summed E-state index contributed by atoms with van der Waals surface area (Å²) in [5.74, 6) is -1.48. The number of benzene rings is 2. The Morgan fingerprint density at radius 2 is 1.96 bits per heavy atom. The van der Waals surface area contributed by atoms with E-state index in [-0.39, 0.29) is 22.0 Å². The van der Waals surface area contributed by atoms with Gasteiger partial charge in [-0.2, -0.15) is 0 Å². The van der Waals surface area contributed by atoms with Crippen LogP contribution in [0.5, 0.6) is 5.75 Å². The molecule has 2 aromatic rings. The van der Waals surface area contributed by atoms with Gasteiger partial charge in [0, 0.05) is 23.2 Å². The molecule has 128 valence electrons. The first kappa shape index (κ1) is 18.2. The van der Waals surface area contributed by atoms with E-state index in [0.717, 1.165) is 6.08 Å². The Morgan fingerprint density at radius 3 is 2.64 bits per heavy atom. The first-order chi connectivity index (χ1) is 11.9. The number of rotatable bonds is 5. The molecule has 0 N–H and O–H groups in total. The summed E-state index contributed by atoms with van der Waals surface area (Å²) < 4.78 is 9.71. The summed E-state index contributed by atoms with van der Waals surface area (Å²) in [6.45, 7) is 0. The minimum Gasteiger partial charge on any atom is -0.465 e. The van der Waals surface area contributed by atoms with Crippen molar-refractivity contribution in [1.82, 2.24) is 0 Å². The number of esters is 2. The number of methoxy groups -OCH3 is 1. The number of nitro benzene ring substituents is 1. The number of nitrogens with zero attached hydrogens (tertiary/aromatic N) is 1. The molecule has 25 heavy (non-hydrogen) atoms. The lowest BCUT2D eigenvalue weighted by Gasteiger charge is -2.07. The van der Waals surface area contributed by atoms with Crippen molar-refractivity contribution in [3.05, 3.63) is 74.8 Å². The highest BCUT2D eigenvalue weighted by molar-refractivity contribution is 6.31. The number of carbonyl (C=O) groups excluding carboxylic acids is 2. The van der Waals surface area contributed by atoms with Crippen LogP contribution >= 0.6 is 11.6 Å². The summed E-state index contributed by atoms with van der Waals surface area (Å²) in [5, 5.41) is 11.0. The summed E-state index contributed by atoms with van der Waals surface area (Å²) in [5.41, 5.74) is 0.365. The third-order valence-corrected chi connectivity index (χ3v) is 3.29. The van der Waals surface area contributed by atoms with Crippen molar-refractivity contribution in [1.29, 1.82) is 0 Å². The van der Waals surface area contributed by atoms with Gasteiger partial charge < -0.3 is 9.47 Å². The van der Waals surface area contributed by atoms with Gasteiger partial charge in [-0.3, -0.25) is 10.1 Å². The van der Waals surface area contributed by atoms with E-state index in [0.29, 0.717) is 5.56 Å². The first-order valence-corrected chi connectivity index (χ1v) is 7.30. The smallest absolute Gasteiger partial charge is 0.341 e. The molecule has 7 nitrogen and oxygen atoms in total. The van der Waals surface area contributed by atoms with Gasteiger partial charge in [-0.15, -0.1) is 0 Å². The Bertz CT molecular complexity index is 862. The van der Waals surface area contributed by atoms with Crippen LogP contribution in [0, 0.1) is 10.1 Å². The zero-order valence-corrected chi connectivity index (χ0v) is 13.7. The standard InChI is InChI=1S/C17H12ClNO6/c1-24-17(21)14-10-12(18)6-7-15(14)25-16(20)8-5-11-3-2-4-13(9-11)19(22)23/h2-10H,1H3/b8-5+. The van der Waals surface area contributed by atoms with Crippen LogP contribution in [0.2, 0.25) is 5.02 Å². The zero-order chi connectivity index (χ0) is 18.4. The molecule has 0 aliphatic heterocycles. The van der Waals surface area contributed by atoms with E-state index in [2.05, 4.69) is 4.74 Å². The van der Waals surface area contributed by atoms with Crippen LogP contribution in [-0.2, 0) is 9.53 Å². The van der Waals surface area contributed by atoms with Crippen molar-refractivity contribution >= 4 is 35.3 Å². The molecule has 0 unspecified atom stereocenters. The van der Waals surface area contributed by atoms with E-state index in [9.17, 15) is 19.7 Å². The van der Waals surface area contributed by atoms with E-state index in [1.54, 1.807) is 6.07 Å². The number of hydrogen-bond donors (Lipinski definition) is 0. The fourth-order valence-corrected chi connectivity index (χ4v) is 2.08. The highest BCUT2D eigenvalue weighted by Crippen LogP contribution is 2.24. The van der Waals surface area contributed by atoms with Crippen molar-refractivity contribution in [3.8, 4) is 5.75 Å². The topological polar surface area (TPSA) is 95.7 Å². The molecular formula is C17H12ClNO6. The maximum atomic E-state index is 11.9. The molecule has 0 aromatic heterocycles. The van der Waals surface area contributed by atoms with Gasteiger partial charge >= 0.3 is 11.9 Å². The predicted molar refractivity (Wildman–Crippen MR) is 90.6 cm³/mol. The van der Waals surface area contributed by atoms with Crippen molar-refractivity contribution in [2.75, 3.05) is 7.11 Å². The number of non-ortho nitro benzene ring substituents is 1. The lowest BCUT2D eigenvalue weighted by Crippen LogP contribution is -2.09. The van der Waals surface area contributed by atoms with Crippen molar-refractivity contribution in [2.45, 2.75) is 0 Å². The Hall–Kier alpha value is -3.19. The van der Waals surface area contributed by atoms with Crippen molar-refractivity contribution in [3.63, 3.8) is 0 Å². The molecule has 0 saturated heterocycles. The molecule has 0 aliphatic rings. The quantitative estimate of drug-likeness (QED) is 0.265. The van der Waals surface area contributed by atoms with Gasteiger partial charge in [-0.25, -0.2) is 9.59 Å². The molecule has 0 bridgehead atoms. The zero-order valence-electron chi connectivity index (χ0n) is 13.0. The molecule has 0 aliphatic carbocycles. The lowest BCUT2D eigenvalue weighted by atomic mass is 10.2. The molecule has 0 radical (unpaired) electrons. The second kappa shape index (κ2) is 8.07. The Balaban J connectivity index is 2.16. The van der Waals surface area contributed by atoms with Gasteiger partial charge in [0.2, 0.25) is 0 Å². The molecule has 8 heteroatoms. The largest absolute Gasteiger partial charge is 0.465 e. The Morgan fingerprint density at radius 1 is 1.20 bits per heavy atom. The van der Waals surface area contributed by atoms with E-state index in [4.69, 9.17) is 16.3 Å². The van der Waals surface area contributed by atoms with Gasteiger partial charge in [-0.1, -0.05) is 23.7 Å². The second-order valence-electron chi connectivity index (χ2n) is 4.74. The van der Waals surface area contributed by atoms with Gasteiger partial charge in [0.15, 0.2) is 0 Å². The molecule has 0 saturated carbocycles. The monoisotopic (exact) mass is 361 g/mol. The van der Waals surface area contributed by atoms with Crippen LogP contribution in [0.3, 0.4) is 0 Å². The van der Waals surface area contributed by atoms with Crippen molar-refractivity contribution < 1.29 is 24.0 Å². The molecule has 0 amide bonds.